The number of nitrogens with one attached hydrogen (secondary N) is 1. The number of anilines is 1. The minimum absolute atomic E-state index is 0.232. The van der Waals surface area contributed by atoms with E-state index in [1.54, 1.807) is 6.07 Å². The maximum atomic E-state index is 12.8. The van der Waals surface area contributed by atoms with E-state index < -0.39 is 0 Å². The van der Waals surface area contributed by atoms with Gasteiger partial charge in [-0.05, 0) is 56.7 Å². The fraction of sp³-hybridized carbons (Fsp3) is 0.417. The number of rotatable bonds is 6. The van der Waals surface area contributed by atoms with Gasteiger partial charge in [0, 0.05) is 36.2 Å². The van der Waals surface area contributed by atoms with Crippen LogP contribution >= 0.6 is 0 Å². The first-order valence-electron chi connectivity index (χ1n) is 11.0. The van der Waals surface area contributed by atoms with Gasteiger partial charge in [0.2, 0.25) is 0 Å². The zero-order valence-corrected chi connectivity index (χ0v) is 17.6. The average Bonchev–Trinajstić information content (AvgIpc) is 3.50. The molecule has 5 rings (SSSR count). The van der Waals surface area contributed by atoms with Crippen molar-refractivity contribution in [3.8, 4) is 5.75 Å². The first-order valence-corrected chi connectivity index (χ1v) is 11.0. The van der Waals surface area contributed by atoms with Gasteiger partial charge in [-0.3, -0.25) is 14.3 Å². The first kappa shape index (κ1) is 19.7. The molecule has 1 aromatic carbocycles. The maximum Gasteiger partial charge on any atom is 0.274 e. The molecule has 2 fully saturated rings. The quantitative estimate of drug-likeness (QED) is 0.638. The molecule has 1 N–H and O–H groups in total. The molecule has 0 radical (unpaired) electrons. The summed E-state index contributed by atoms with van der Waals surface area (Å²) in [5.41, 5.74) is 2.62. The van der Waals surface area contributed by atoms with E-state index in [4.69, 9.17) is 9.84 Å². The number of aryl methyl sites for hydroxylation is 1. The number of aromatic nitrogens is 3. The van der Waals surface area contributed by atoms with E-state index >= 15 is 0 Å². The van der Waals surface area contributed by atoms with Gasteiger partial charge in [-0.25, -0.2) is 4.98 Å². The molecule has 0 spiro atoms. The second kappa shape index (κ2) is 8.13. The standard InChI is InChI=1S/C24H26N4O3/c1-15-3-2-4-20(25-15)24(30)26-22-11-17-13-28(18-7-9-19(29)10-8-18)27-21(17)12-23(22)31-14-16-5-6-16/h2-4,11-13,16,18H,5-10,14H2,1H3,(H,26,30). The summed E-state index contributed by atoms with van der Waals surface area (Å²) in [5, 5.41) is 8.67. The van der Waals surface area contributed by atoms with Crippen LogP contribution in [0.25, 0.3) is 10.9 Å². The number of nitrogens with zero attached hydrogens (tertiary/aromatic N) is 3. The lowest BCUT2D eigenvalue weighted by Gasteiger charge is -2.20. The Hall–Kier alpha value is -3.22. The minimum Gasteiger partial charge on any atom is -0.491 e. The summed E-state index contributed by atoms with van der Waals surface area (Å²) < 4.78 is 8.04. The molecule has 2 aliphatic rings. The molecule has 0 unspecified atom stereocenters. The lowest BCUT2D eigenvalue weighted by Crippen LogP contribution is -2.18. The average molecular weight is 418 g/mol. The monoisotopic (exact) mass is 418 g/mol. The summed E-state index contributed by atoms with van der Waals surface area (Å²) >= 11 is 0. The Labute approximate surface area is 180 Å². The molecule has 0 saturated heterocycles. The number of Topliss-reactive ketones (excluding diaryl/α,β-unsaturated/α-hetero) is 1. The molecule has 2 aromatic heterocycles. The SMILES string of the molecule is Cc1cccc(C(=O)Nc2cc3cn(C4CCC(=O)CC4)nc3cc2OCC2CC2)n1. The summed E-state index contributed by atoms with van der Waals surface area (Å²) in [6.07, 6.45) is 7.24. The number of hydrogen-bond acceptors (Lipinski definition) is 5. The van der Waals surface area contributed by atoms with E-state index in [0.29, 0.717) is 48.3 Å². The Kier molecular flexibility index (Phi) is 5.18. The van der Waals surface area contributed by atoms with Crippen molar-refractivity contribution < 1.29 is 14.3 Å². The second-order valence-electron chi connectivity index (χ2n) is 8.66. The van der Waals surface area contributed by atoms with Crippen molar-refractivity contribution in [2.45, 2.75) is 51.5 Å². The molecule has 2 saturated carbocycles. The van der Waals surface area contributed by atoms with E-state index in [2.05, 4.69) is 10.3 Å². The third-order valence-corrected chi connectivity index (χ3v) is 6.05. The first-order chi connectivity index (χ1) is 15.0. The third-order valence-electron chi connectivity index (χ3n) is 6.05. The zero-order chi connectivity index (χ0) is 21.4. The van der Waals surface area contributed by atoms with Gasteiger partial charge in [0.05, 0.1) is 23.9 Å². The molecular weight excluding hydrogens is 392 g/mol. The Morgan fingerprint density at radius 3 is 2.74 bits per heavy atom. The van der Waals surface area contributed by atoms with Gasteiger partial charge in [0.25, 0.3) is 5.91 Å². The molecule has 1 amide bonds. The number of carbonyl (C=O) groups is 2. The van der Waals surface area contributed by atoms with Gasteiger partial charge in [-0.1, -0.05) is 6.07 Å². The van der Waals surface area contributed by atoms with Crippen molar-refractivity contribution in [1.82, 2.24) is 14.8 Å². The molecule has 0 bridgehead atoms. The zero-order valence-electron chi connectivity index (χ0n) is 17.6. The second-order valence-corrected chi connectivity index (χ2v) is 8.66. The predicted molar refractivity (Wildman–Crippen MR) is 117 cm³/mol. The molecule has 3 aromatic rings. The summed E-state index contributed by atoms with van der Waals surface area (Å²) in [6.45, 7) is 2.50. The Balaban J connectivity index is 1.44. The van der Waals surface area contributed by atoms with Crippen LogP contribution in [0.4, 0.5) is 5.69 Å². The highest BCUT2D eigenvalue weighted by Gasteiger charge is 2.24. The van der Waals surface area contributed by atoms with E-state index in [-0.39, 0.29) is 11.9 Å². The molecule has 0 atom stereocenters. The van der Waals surface area contributed by atoms with Gasteiger partial charge < -0.3 is 10.1 Å². The van der Waals surface area contributed by atoms with Crippen LogP contribution in [0.5, 0.6) is 5.75 Å². The number of benzene rings is 1. The highest BCUT2D eigenvalue weighted by molar-refractivity contribution is 6.05. The van der Waals surface area contributed by atoms with Crippen molar-refractivity contribution in [2.24, 2.45) is 5.92 Å². The van der Waals surface area contributed by atoms with Crippen LogP contribution in [0.1, 0.15) is 60.7 Å². The highest BCUT2D eigenvalue weighted by Crippen LogP contribution is 2.35. The van der Waals surface area contributed by atoms with Crippen LogP contribution in [0.3, 0.4) is 0 Å². The van der Waals surface area contributed by atoms with Crippen LogP contribution in [0.15, 0.2) is 36.5 Å². The number of carbonyl (C=O) groups excluding carboxylic acids is 2. The largest absolute Gasteiger partial charge is 0.491 e. The fourth-order valence-electron chi connectivity index (χ4n) is 4.01. The maximum absolute atomic E-state index is 12.8. The lowest BCUT2D eigenvalue weighted by atomic mass is 9.95. The van der Waals surface area contributed by atoms with Crippen molar-refractivity contribution in [3.05, 3.63) is 47.9 Å². The summed E-state index contributed by atoms with van der Waals surface area (Å²) in [6, 6.07) is 9.44. The van der Waals surface area contributed by atoms with Crippen LogP contribution in [0.2, 0.25) is 0 Å². The molecule has 31 heavy (non-hydrogen) atoms. The van der Waals surface area contributed by atoms with E-state index in [1.807, 2.05) is 42.1 Å². The minimum atomic E-state index is -0.266. The molecule has 2 aliphatic carbocycles. The van der Waals surface area contributed by atoms with E-state index in [9.17, 15) is 9.59 Å². The van der Waals surface area contributed by atoms with Gasteiger partial charge in [0.15, 0.2) is 0 Å². The Morgan fingerprint density at radius 2 is 2.00 bits per heavy atom. The normalized spacial score (nSPS) is 17.1. The smallest absolute Gasteiger partial charge is 0.274 e. The number of pyridine rings is 1. The number of fused-ring (bicyclic) bond motifs is 1. The van der Waals surface area contributed by atoms with Gasteiger partial charge in [-0.2, -0.15) is 5.10 Å². The van der Waals surface area contributed by atoms with E-state index in [1.165, 1.54) is 12.8 Å². The summed E-state index contributed by atoms with van der Waals surface area (Å²) in [5.74, 6) is 1.29. The number of hydrogen-bond donors (Lipinski definition) is 1. The highest BCUT2D eigenvalue weighted by atomic mass is 16.5. The Bertz CT molecular complexity index is 1140. The van der Waals surface area contributed by atoms with Crippen molar-refractivity contribution in [3.63, 3.8) is 0 Å². The number of ketones is 1. The molecule has 7 heteroatoms. The predicted octanol–water partition coefficient (Wildman–Crippen LogP) is 4.47. The van der Waals surface area contributed by atoms with Crippen LogP contribution in [0, 0.1) is 12.8 Å². The lowest BCUT2D eigenvalue weighted by molar-refractivity contribution is -0.120. The summed E-state index contributed by atoms with van der Waals surface area (Å²) in [4.78, 5) is 28.7. The molecule has 2 heterocycles. The fourth-order valence-corrected chi connectivity index (χ4v) is 4.01. The molecule has 0 aliphatic heterocycles. The molecule has 7 nitrogen and oxygen atoms in total. The van der Waals surface area contributed by atoms with Gasteiger partial charge in [-0.15, -0.1) is 0 Å². The van der Waals surface area contributed by atoms with Crippen molar-refractivity contribution >= 4 is 28.3 Å². The van der Waals surface area contributed by atoms with Gasteiger partial charge in [0.1, 0.15) is 17.2 Å². The molecular formula is C24H26N4O3. The van der Waals surface area contributed by atoms with Crippen LogP contribution in [-0.4, -0.2) is 33.1 Å². The van der Waals surface area contributed by atoms with Crippen LogP contribution < -0.4 is 10.1 Å². The van der Waals surface area contributed by atoms with Gasteiger partial charge >= 0.3 is 0 Å². The van der Waals surface area contributed by atoms with Crippen molar-refractivity contribution in [1.29, 1.82) is 0 Å². The van der Waals surface area contributed by atoms with Crippen LogP contribution in [-0.2, 0) is 4.79 Å². The summed E-state index contributed by atoms with van der Waals surface area (Å²) in [7, 11) is 0. The number of ether oxygens (including phenoxy) is 1. The topological polar surface area (TPSA) is 86.1 Å². The number of amides is 1. The van der Waals surface area contributed by atoms with E-state index in [0.717, 1.165) is 29.4 Å². The molecule has 160 valence electrons. The Morgan fingerprint density at radius 1 is 1.19 bits per heavy atom. The third kappa shape index (κ3) is 4.45. The van der Waals surface area contributed by atoms with Crippen molar-refractivity contribution in [2.75, 3.05) is 11.9 Å².